The first-order valence-electron chi connectivity index (χ1n) is 6.92. The van der Waals surface area contributed by atoms with Gasteiger partial charge in [-0.1, -0.05) is 12.1 Å². The second kappa shape index (κ2) is 7.31. The second-order valence-corrected chi connectivity index (χ2v) is 4.73. The van der Waals surface area contributed by atoms with Crippen LogP contribution < -0.4 is 14.9 Å². The number of para-hydroxylation sites is 1. The van der Waals surface area contributed by atoms with Gasteiger partial charge in [0.15, 0.2) is 0 Å². The number of carbonyl (C=O) groups is 1. The van der Waals surface area contributed by atoms with Crippen LogP contribution in [0.1, 0.15) is 22.8 Å². The Kier molecular flexibility index (Phi) is 5.19. The number of methoxy groups -OCH3 is 2. The van der Waals surface area contributed by atoms with Gasteiger partial charge < -0.3 is 14.6 Å². The molecule has 2 aromatic rings. The Morgan fingerprint density at radius 1 is 1.09 bits per heavy atom. The third-order valence-electron chi connectivity index (χ3n) is 3.30. The molecule has 0 aliphatic carbocycles. The highest BCUT2D eigenvalue weighted by atomic mass is 16.5. The Bertz CT molecular complexity index is 741. The number of carboxylic acids is 1. The van der Waals surface area contributed by atoms with Crippen molar-refractivity contribution in [1.82, 2.24) is 0 Å². The highest BCUT2D eigenvalue weighted by molar-refractivity contribution is 6.02. The average molecular weight is 314 g/mol. The molecule has 0 unspecified atom stereocenters. The van der Waals surface area contributed by atoms with Gasteiger partial charge in [0, 0.05) is 11.6 Å². The number of hydrogen-bond donors (Lipinski definition) is 2. The maximum absolute atomic E-state index is 11.2. The van der Waals surface area contributed by atoms with E-state index in [0.717, 1.165) is 5.56 Å². The molecule has 0 saturated carbocycles. The number of hydrazone groups is 1. The Balaban J connectivity index is 2.29. The Morgan fingerprint density at radius 2 is 1.83 bits per heavy atom. The van der Waals surface area contributed by atoms with Crippen LogP contribution in [0.2, 0.25) is 0 Å². The Morgan fingerprint density at radius 3 is 2.48 bits per heavy atom. The minimum atomic E-state index is -1.01. The number of benzene rings is 2. The highest BCUT2D eigenvalue weighted by Gasteiger charge is 2.10. The molecule has 0 saturated heterocycles. The maximum Gasteiger partial charge on any atom is 0.337 e. The molecular weight excluding hydrogens is 296 g/mol. The van der Waals surface area contributed by atoms with Crippen LogP contribution in [0.25, 0.3) is 0 Å². The highest BCUT2D eigenvalue weighted by Crippen LogP contribution is 2.25. The van der Waals surface area contributed by atoms with E-state index in [1.807, 2.05) is 12.1 Å². The fraction of sp³-hybridized carbons (Fsp3) is 0.176. The lowest BCUT2D eigenvalue weighted by atomic mass is 10.1. The smallest absolute Gasteiger partial charge is 0.337 e. The van der Waals surface area contributed by atoms with Crippen LogP contribution in [0.5, 0.6) is 11.5 Å². The number of rotatable bonds is 6. The predicted molar refractivity (Wildman–Crippen MR) is 88.8 cm³/mol. The van der Waals surface area contributed by atoms with E-state index in [-0.39, 0.29) is 5.56 Å². The molecule has 0 spiro atoms. The molecule has 0 atom stereocenters. The number of nitrogens with one attached hydrogen (secondary N) is 1. The summed E-state index contributed by atoms with van der Waals surface area (Å²) < 4.78 is 10.5. The van der Waals surface area contributed by atoms with E-state index in [4.69, 9.17) is 14.6 Å². The zero-order valence-electron chi connectivity index (χ0n) is 13.2. The lowest BCUT2D eigenvalue weighted by molar-refractivity contribution is 0.0698. The molecule has 120 valence electrons. The lowest BCUT2D eigenvalue weighted by Crippen LogP contribution is -2.06. The molecule has 23 heavy (non-hydrogen) atoms. The summed E-state index contributed by atoms with van der Waals surface area (Å²) in [6.45, 7) is 1.81. The van der Waals surface area contributed by atoms with Crippen LogP contribution in [-0.4, -0.2) is 31.0 Å². The van der Waals surface area contributed by atoms with Gasteiger partial charge in [-0.3, -0.25) is 5.43 Å². The standard InChI is InChI=1S/C17H18N2O4/c1-11(13-9-8-12(22-2)10-16(13)23-3)18-19-15-7-5-4-6-14(15)17(20)21/h4-10,19H,1-3H3,(H,20,21)/b18-11+. The molecule has 0 aliphatic heterocycles. The SMILES string of the molecule is COc1ccc(/C(C)=N/Nc2ccccc2C(=O)O)c(OC)c1. The topological polar surface area (TPSA) is 80.2 Å². The van der Waals surface area contributed by atoms with Gasteiger partial charge in [0.05, 0.1) is 31.2 Å². The summed E-state index contributed by atoms with van der Waals surface area (Å²) in [5.41, 5.74) is 4.82. The van der Waals surface area contributed by atoms with Crippen LogP contribution in [0.4, 0.5) is 5.69 Å². The van der Waals surface area contributed by atoms with Gasteiger partial charge in [-0.15, -0.1) is 0 Å². The van der Waals surface area contributed by atoms with Gasteiger partial charge in [0.25, 0.3) is 0 Å². The monoisotopic (exact) mass is 314 g/mol. The zero-order valence-corrected chi connectivity index (χ0v) is 13.2. The van der Waals surface area contributed by atoms with Crippen LogP contribution in [-0.2, 0) is 0 Å². The number of aromatic carboxylic acids is 1. The molecule has 0 heterocycles. The van der Waals surface area contributed by atoms with Crippen LogP contribution in [0.3, 0.4) is 0 Å². The van der Waals surface area contributed by atoms with Crippen LogP contribution in [0.15, 0.2) is 47.6 Å². The van der Waals surface area contributed by atoms with Crippen molar-refractivity contribution in [2.24, 2.45) is 5.10 Å². The average Bonchev–Trinajstić information content (AvgIpc) is 2.59. The summed E-state index contributed by atoms with van der Waals surface area (Å²) >= 11 is 0. The first kappa shape index (κ1) is 16.4. The molecule has 0 fully saturated rings. The summed E-state index contributed by atoms with van der Waals surface area (Å²) in [6, 6.07) is 12.0. The largest absolute Gasteiger partial charge is 0.497 e. The summed E-state index contributed by atoms with van der Waals surface area (Å²) in [6.07, 6.45) is 0. The number of ether oxygens (including phenoxy) is 2. The molecule has 0 aromatic heterocycles. The maximum atomic E-state index is 11.2. The van der Waals surface area contributed by atoms with Crippen LogP contribution in [0, 0.1) is 0 Å². The minimum absolute atomic E-state index is 0.158. The van der Waals surface area contributed by atoms with Crippen molar-refractivity contribution in [2.75, 3.05) is 19.6 Å². The Labute approximate surface area is 134 Å². The summed E-state index contributed by atoms with van der Waals surface area (Å²) in [5, 5.41) is 13.4. The van der Waals surface area contributed by atoms with E-state index >= 15 is 0 Å². The molecule has 0 bridgehead atoms. The van der Waals surface area contributed by atoms with Crippen molar-refractivity contribution in [1.29, 1.82) is 0 Å². The van der Waals surface area contributed by atoms with Gasteiger partial charge in [-0.05, 0) is 31.2 Å². The Hall–Kier alpha value is -3.02. The number of carboxylic acid groups (broad SMARTS) is 1. The molecule has 0 radical (unpaired) electrons. The van der Waals surface area contributed by atoms with Gasteiger partial charge in [0.1, 0.15) is 11.5 Å². The fourth-order valence-electron chi connectivity index (χ4n) is 2.07. The third-order valence-corrected chi connectivity index (χ3v) is 3.30. The van der Waals surface area contributed by atoms with Crippen molar-refractivity contribution in [3.8, 4) is 11.5 Å². The van der Waals surface area contributed by atoms with E-state index in [1.54, 1.807) is 45.4 Å². The molecule has 6 heteroatoms. The van der Waals surface area contributed by atoms with Gasteiger partial charge in [-0.2, -0.15) is 5.10 Å². The quantitative estimate of drug-likeness (QED) is 0.632. The van der Waals surface area contributed by atoms with Gasteiger partial charge in [-0.25, -0.2) is 4.79 Å². The lowest BCUT2D eigenvalue weighted by Gasteiger charge is -2.11. The zero-order chi connectivity index (χ0) is 16.8. The third kappa shape index (κ3) is 3.79. The van der Waals surface area contributed by atoms with Crippen molar-refractivity contribution in [3.05, 3.63) is 53.6 Å². The van der Waals surface area contributed by atoms with Crippen molar-refractivity contribution in [2.45, 2.75) is 6.92 Å². The van der Waals surface area contributed by atoms with E-state index in [1.165, 1.54) is 6.07 Å². The molecule has 6 nitrogen and oxygen atoms in total. The normalized spacial score (nSPS) is 11.0. The molecule has 2 rings (SSSR count). The molecule has 0 amide bonds. The van der Waals surface area contributed by atoms with Crippen molar-refractivity contribution in [3.63, 3.8) is 0 Å². The predicted octanol–water partition coefficient (Wildman–Crippen LogP) is 3.24. The van der Waals surface area contributed by atoms with Gasteiger partial charge in [0.2, 0.25) is 0 Å². The molecule has 2 N–H and O–H groups in total. The van der Waals surface area contributed by atoms with E-state index < -0.39 is 5.97 Å². The summed E-state index contributed by atoms with van der Waals surface area (Å²) in [5.74, 6) is 0.296. The molecule has 0 aliphatic rings. The van der Waals surface area contributed by atoms with E-state index in [2.05, 4.69) is 10.5 Å². The summed E-state index contributed by atoms with van der Waals surface area (Å²) in [4.78, 5) is 11.2. The van der Waals surface area contributed by atoms with Crippen molar-refractivity contribution < 1.29 is 19.4 Å². The fourth-order valence-corrected chi connectivity index (χ4v) is 2.07. The number of nitrogens with zero attached hydrogens (tertiary/aromatic N) is 1. The molecule has 2 aromatic carbocycles. The number of hydrogen-bond acceptors (Lipinski definition) is 5. The first-order chi connectivity index (χ1) is 11.1. The van der Waals surface area contributed by atoms with Crippen LogP contribution >= 0.6 is 0 Å². The second-order valence-electron chi connectivity index (χ2n) is 4.73. The molecular formula is C17H18N2O4. The first-order valence-corrected chi connectivity index (χ1v) is 6.92. The van der Waals surface area contributed by atoms with E-state index in [9.17, 15) is 4.79 Å². The van der Waals surface area contributed by atoms with E-state index in [0.29, 0.717) is 22.9 Å². The van der Waals surface area contributed by atoms with Crippen molar-refractivity contribution >= 4 is 17.4 Å². The van der Waals surface area contributed by atoms with Gasteiger partial charge >= 0.3 is 5.97 Å². The summed E-state index contributed by atoms with van der Waals surface area (Å²) in [7, 11) is 3.15. The minimum Gasteiger partial charge on any atom is -0.497 e. The number of anilines is 1.